The lowest BCUT2D eigenvalue weighted by molar-refractivity contribution is -0.121. The number of likely N-dealkylation sites (N-methyl/N-ethyl adjacent to an activating group) is 1. The smallest absolute Gasteiger partial charge is 0.243 e. The number of piperidine rings is 1. The maximum atomic E-state index is 12.9. The van der Waals surface area contributed by atoms with Crippen molar-refractivity contribution in [2.75, 3.05) is 40.3 Å². The van der Waals surface area contributed by atoms with E-state index in [4.69, 9.17) is 4.74 Å². The van der Waals surface area contributed by atoms with Gasteiger partial charge in [0.1, 0.15) is 5.75 Å². The molecular weight excluding hydrogens is 454 g/mol. The molecule has 1 amide bonds. The van der Waals surface area contributed by atoms with Crippen LogP contribution in [-0.4, -0.2) is 69.6 Å². The van der Waals surface area contributed by atoms with Crippen LogP contribution in [0.2, 0.25) is 0 Å². The van der Waals surface area contributed by atoms with Crippen LogP contribution in [0.15, 0.2) is 53.4 Å². The summed E-state index contributed by atoms with van der Waals surface area (Å²) in [5.41, 5.74) is 1.43. The zero-order chi connectivity index (χ0) is 24.7. The molecule has 0 aliphatic carbocycles. The van der Waals surface area contributed by atoms with Gasteiger partial charge in [-0.25, -0.2) is 8.42 Å². The Morgan fingerprint density at radius 2 is 1.71 bits per heavy atom. The standard InChI is InChI=1S/C25H33N3O5S/c1-19(29)20-11-13-21(14-12-20)34(31,32)27(2)18-25(30)26-17-23(28-15-7-4-8-16-28)22-9-5-6-10-24(22)33-3/h5-6,9-14,23H,4,7-8,15-18H2,1-3H3,(H,26,30). The number of ketones is 1. The van der Waals surface area contributed by atoms with Gasteiger partial charge in [-0.1, -0.05) is 36.8 Å². The van der Waals surface area contributed by atoms with Crippen LogP contribution in [-0.2, 0) is 14.8 Å². The van der Waals surface area contributed by atoms with Crippen molar-refractivity contribution < 1.29 is 22.7 Å². The van der Waals surface area contributed by atoms with Crippen LogP contribution in [0.3, 0.4) is 0 Å². The maximum Gasteiger partial charge on any atom is 0.243 e. The molecule has 2 aromatic carbocycles. The first kappa shape index (κ1) is 25.9. The van der Waals surface area contributed by atoms with Crippen LogP contribution in [0.4, 0.5) is 0 Å². The number of likely N-dealkylation sites (tertiary alicyclic amines) is 1. The molecule has 184 valence electrons. The molecule has 0 radical (unpaired) electrons. The van der Waals surface area contributed by atoms with Gasteiger partial charge in [-0.15, -0.1) is 0 Å². The Hall–Kier alpha value is -2.75. The van der Waals surface area contributed by atoms with Crippen LogP contribution in [0, 0.1) is 0 Å². The second-order valence-corrected chi connectivity index (χ2v) is 10.5. The van der Waals surface area contributed by atoms with Gasteiger partial charge in [0.2, 0.25) is 15.9 Å². The van der Waals surface area contributed by atoms with Crippen molar-refractivity contribution in [3.8, 4) is 5.75 Å². The molecule has 1 atom stereocenters. The number of hydrogen-bond donors (Lipinski definition) is 1. The Balaban J connectivity index is 1.68. The zero-order valence-corrected chi connectivity index (χ0v) is 20.8. The number of nitrogens with one attached hydrogen (secondary N) is 1. The molecule has 9 heteroatoms. The minimum Gasteiger partial charge on any atom is -0.496 e. The number of carbonyl (C=O) groups is 2. The van der Waals surface area contributed by atoms with Crippen LogP contribution >= 0.6 is 0 Å². The first-order valence-electron chi connectivity index (χ1n) is 11.4. The normalized spacial score (nSPS) is 15.6. The lowest BCUT2D eigenvalue weighted by Gasteiger charge is -2.35. The van der Waals surface area contributed by atoms with Crippen molar-refractivity contribution in [1.82, 2.24) is 14.5 Å². The van der Waals surface area contributed by atoms with E-state index in [0.717, 1.165) is 41.5 Å². The summed E-state index contributed by atoms with van der Waals surface area (Å²) in [5, 5.41) is 2.92. The van der Waals surface area contributed by atoms with E-state index in [1.165, 1.54) is 44.7 Å². The van der Waals surface area contributed by atoms with Crippen LogP contribution < -0.4 is 10.1 Å². The third kappa shape index (κ3) is 6.22. The number of para-hydroxylation sites is 1. The van der Waals surface area contributed by atoms with Crippen molar-refractivity contribution in [2.24, 2.45) is 0 Å². The number of carbonyl (C=O) groups excluding carboxylic acids is 2. The Bertz CT molecular complexity index is 1100. The van der Waals surface area contributed by atoms with Crippen molar-refractivity contribution >= 4 is 21.7 Å². The van der Waals surface area contributed by atoms with Gasteiger partial charge in [-0.2, -0.15) is 4.31 Å². The topological polar surface area (TPSA) is 96.0 Å². The van der Waals surface area contributed by atoms with Crippen LogP contribution in [0.1, 0.15) is 48.1 Å². The second-order valence-electron chi connectivity index (χ2n) is 8.50. The molecule has 1 heterocycles. The molecule has 1 saturated heterocycles. The van der Waals surface area contributed by atoms with Crippen LogP contribution in [0.5, 0.6) is 5.75 Å². The molecular formula is C25H33N3O5S. The van der Waals surface area contributed by atoms with E-state index in [2.05, 4.69) is 10.2 Å². The molecule has 3 rings (SSSR count). The van der Waals surface area contributed by atoms with Gasteiger partial charge in [0.25, 0.3) is 0 Å². The summed E-state index contributed by atoms with van der Waals surface area (Å²) in [6.45, 7) is 3.32. The Morgan fingerprint density at radius 3 is 2.32 bits per heavy atom. The summed E-state index contributed by atoms with van der Waals surface area (Å²) in [6, 6.07) is 13.4. The fraction of sp³-hybridized carbons (Fsp3) is 0.440. The number of hydrogen-bond acceptors (Lipinski definition) is 6. The van der Waals surface area contributed by atoms with Crippen molar-refractivity contribution in [3.05, 3.63) is 59.7 Å². The lowest BCUT2D eigenvalue weighted by atomic mass is 10.0. The number of amides is 1. The first-order chi connectivity index (χ1) is 16.2. The van der Waals surface area contributed by atoms with Gasteiger partial charge in [-0.05, 0) is 51.1 Å². The first-order valence-corrected chi connectivity index (χ1v) is 12.9. The summed E-state index contributed by atoms with van der Waals surface area (Å²) in [7, 11) is -0.864. The van der Waals surface area contributed by atoms with Gasteiger partial charge in [-0.3, -0.25) is 14.5 Å². The predicted octanol–water partition coefficient (Wildman–Crippen LogP) is 2.86. The minimum absolute atomic E-state index is 0.0352. The van der Waals surface area contributed by atoms with Gasteiger partial charge < -0.3 is 10.1 Å². The summed E-state index contributed by atoms with van der Waals surface area (Å²) in [5.74, 6) is 0.236. The van der Waals surface area contributed by atoms with Crippen molar-refractivity contribution in [2.45, 2.75) is 37.1 Å². The lowest BCUT2D eigenvalue weighted by Crippen LogP contribution is -2.44. The van der Waals surface area contributed by atoms with Crippen molar-refractivity contribution in [3.63, 3.8) is 0 Å². The molecule has 0 saturated carbocycles. The molecule has 1 unspecified atom stereocenters. The number of sulfonamides is 1. The highest BCUT2D eigenvalue weighted by molar-refractivity contribution is 7.89. The molecule has 2 aromatic rings. The largest absolute Gasteiger partial charge is 0.496 e. The van der Waals surface area contributed by atoms with Gasteiger partial charge >= 0.3 is 0 Å². The predicted molar refractivity (Wildman–Crippen MR) is 130 cm³/mol. The SMILES string of the molecule is COc1ccccc1C(CNC(=O)CN(C)S(=O)(=O)c1ccc(C(C)=O)cc1)N1CCCCC1. The fourth-order valence-corrected chi connectivity index (χ4v) is 5.33. The Kier molecular flexibility index (Phi) is 8.82. The summed E-state index contributed by atoms with van der Waals surface area (Å²) in [6.07, 6.45) is 3.39. The number of Topliss-reactive ketones (excluding diaryl/α,β-unsaturated/α-hetero) is 1. The fourth-order valence-electron chi connectivity index (χ4n) is 4.20. The molecule has 34 heavy (non-hydrogen) atoms. The third-order valence-corrected chi connectivity index (χ3v) is 7.97. The molecule has 0 spiro atoms. The quantitative estimate of drug-likeness (QED) is 0.518. The van der Waals surface area contributed by atoms with Gasteiger partial charge in [0.05, 0.1) is 24.6 Å². The molecule has 1 fully saturated rings. The van der Waals surface area contributed by atoms with E-state index in [9.17, 15) is 18.0 Å². The highest BCUT2D eigenvalue weighted by Gasteiger charge is 2.27. The van der Waals surface area contributed by atoms with Crippen LogP contribution in [0.25, 0.3) is 0 Å². The van der Waals surface area contributed by atoms with E-state index in [1.807, 2.05) is 24.3 Å². The average molecular weight is 488 g/mol. The molecule has 1 N–H and O–H groups in total. The number of ether oxygens (including phenoxy) is 1. The van der Waals surface area contributed by atoms with Gasteiger partial charge in [0, 0.05) is 24.7 Å². The van der Waals surface area contributed by atoms with Gasteiger partial charge in [0.15, 0.2) is 5.78 Å². The van der Waals surface area contributed by atoms with E-state index in [-0.39, 0.29) is 29.2 Å². The molecule has 1 aliphatic rings. The minimum atomic E-state index is -3.87. The average Bonchev–Trinajstić information content (AvgIpc) is 2.85. The Morgan fingerprint density at radius 1 is 1.06 bits per heavy atom. The van der Waals surface area contributed by atoms with Crippen molar-refractivity contribution in [1.29, 1.82) is 0 Å². The highest BCUT2D eigenvalue weighted by atomic mass is 32.2. The Labute approximate surface area is 201 Å². The number of benzene rings is 2. The molecule has 0 bridgehead atoms. The van der Waals surface area contributed by atoms with E-state index >= 15 is 0 Å². The van der Waals surface area contributed by atoms with E-state index in [1.54, 1.807) is 7.11 Å². The third-order valence-electron chi connectivity index (χ3n) is 6.16. The molecule has 8 nitrogen and oxygen atoms in total. The summed E-state index contributed by atoms with van der Waals surface area (Å²) >= 11 is 0. The van der Waals surface area contributed by atoms with E-state index in [0.29, 0.717) is 12.1 Å². The number of rotatable bonds is 10. The zero-order valence-electron chi connectivity index (χ0n) is 20.0. The number of nitrogens with zero attached hydrogens (tertiary/aromatic N) is 2. The highest BCUT2D eigenvalue weighted by Crippen LogP contribution is 2.30. The summed E-state index contributed by atoms with van der Waals surface area (Å²) < 4.78 is 32.3. The number of methoxy groups -OCH3 is 1. The van der Waals surface area contributed by atoms with E-state index < -0.39 is 10.0 Å². The second kappa shape index (κ2) is 11.6. The monoisotopic (exact) mass is 487 g/mol. The maximum absolute atomic E-state index is 12.9. The molecule has 1 aliphatic heterocycles. The molecule has 0 aromatic heterocycles. The summed E-state index contributed by atoms with van der Waals surface area (Å²) in [4.78, 5) is 26.6.